The van der Waals surface area contributed by atoms with Gasteiger partial charge in [0.05, 0.1) is 14.2 Å². The Labute approximate surface area is 144 Å². The van der Waals surface area contributed by atoms with E-state index in [1.165, 1.54) is 50.6 Å². The quantitative estimate of drug-likeness (QED) is 0.858. The number of benzene rings is 2. The highest BCUT2D eigenvalue weighted by Crippen LogP contribution is 2.33. The van der Waals surface area contributed by atoms with Gasteiger partial charge in [0, 0.05) is 11.6 Å². The molecule has 2 aromatic carbocycles. The number of nitrogens with one attached hydrogen (secondary N) is 1. The van der Waals surface area contributed by atoms with Crippen LogP contribution in [-0.4, -0.2) is 35.3 Å². The fourth-order valence-electron chi connectivity index (χ4n) is 2.27. The molecule has 1 aliphatic rings. The zero-order chi connectivity index (χ0) is 18.0. The predicted octanol–water partition coefficient (Wildman–Crippen LogP) is 1.55. The van der Waals surface area contributed by atoms with Gasteiger partial charge >= 0.3 is 0 Å². The zero-order valence-corrected chi connectivity index (χ0v) is 14.3. The molecule has 1 heterocycles. The zero-order valence-electron chi connectivity index (χ0n) is 13.4. The smallest absolute Gasteiger partial charge is 0.268 e. The summed E-state index contributed by atoms with van der Waals surface area (Å²) in [5.74, 6) is 0.572. The lowest BCUT2D eigenvalue weighted by molar-refractivity contribution is 0.0981. The van der Waals surface area contributed by atoms with E-state index in [0.717, 1.165) is 0 Å². The number of rotatable bonds is 5. The summed E-state index contributed by atoms with van der Waals surface area (Å²) < 4.78 is 47.5. The van der Waals surface area contributed by atoms with Crippen molar-refractivity contribution in [2.24, 2.45) is 0 Å². The molecule has 1 aliphatic heterocycles. The lowest BCUT2D eigenvalue weighted by Crippen LogP contribution is -2.30. The van der Waals surface area contributed by atoms with Gasteiger partial charge in [0.25, 0.3) is 15.9 Å². The summed E-state index contributed by atoms with van der Waals surface area (Å²) in [6.45, 7) is 0.0573. The van der Waals surface area contributed by atoms with Crippen LogP contribution in [0.4, 0.5) is 0 Å². The molecule has 1 N–H and O–H groups in total. The van der Waals surface area contributed by atoms with E-state index in [1.807, 2.05) is 4.72 Å². The number of fused-ring (bicyclic) bond motifs is 1. The number of sulfonamides is 1. The number of hydrogen-bond acceptors (Lipinski definition) is 7. The molecule has 132 valence electrons. The molecule has 0 aliphatic carbocycles. The molecule has 1 amide bonds. The Morgan fingerprint density at radius 2 is 1.80 bits per heavy atom. The molecule has 0 saturated heterocycles. The normalized spacial score (nSPS) is 12.6. The van der Waals surface area contributed by atoms with Crippen LogP contribution in [0.3, 0.4) is 0 Å². The molecule has 8 nitrogen and oxygen atoms in total. The van der Waals surface area contributed by atoms with Crippen molar-refractivity contribution in [3.8, 4) is 23.0 Å². The van der Waals surface area contributed by atoms with Gasteiger partial charge < -0.3 is 18.9 Å². The summed E-state index contributed by atoms with van der Waals surface area (Å²) in [4.78, 5) is 12.1. The van der Waals surface area contributed by atoms with E-state index in [1.54, 1.807) is 0 Å². The summed E-state index contributed by atoms with van der Waals surface area (Å²) in [5, 5.41) is 0. The van der Waals surface area contributed by atoms with E-state index in [9.17, 15) is 13.2 Å². The number of amides is 1. The van der Waals surface area contributed by atoms with Gasteiger partial charge in [-0.05, 0) is 30.3 Å². The second-order valence-electron chi connectivity index (χ2n) is 5.02. The second-order valence-corrected chi connectivity index (χ2v) is 6.67. The molecule has 0 saturated carbocycles. The minimum atomic E-state index is -4.14. The van der Waals surface area contributed by atoms with Crippen LogP contribution in [0.1, 0.15) is 10.4 Å². The molecule has 25 heavy (non-hydrogen) atoms. The highest BCUT2D eigenvalue weighted by molar-refractivity contribution is 7.90. The molecule has 0 fully saturated rings. The number of carbonyl (C=O) groups excluding carboxylic acids is 1. The van der Waals surface area contributed by atoms with Gasteiger partial charge in [0.1, 0.15) is 16.4 Å². The van der Waals surface area contributed by atoms with Crippen molar-refractivity contribution >= 4 is 15.9 Å². The monoisotopic (exact) mass is 365 g/mol. The number of methoxy groups -OCH3 is 2. The summed E-state index contributed by atoms with van der Waals surface area (Å²) in [6, 6.07) is 8.58. The minimum Gasteiger partial charge on any atom is -0.497 e. The highest BCUT2D eigenvalue weighted by atomic mass is 32.2. The average molecular weight is 365 g/mol. The van der Waals surface area contributed by atoms with Gasteiger partial charge in [-0.1, -0.05) is 0 Å². The number of hydrogen-bond donors (Lipinski definition) is 1. The van der Waals surface area contributed by atoms with E-state index < -0.39 is 15.9 Å². The molecule has 0 aromatic heterocycles. The van der Waals surface area contributed by atoms with E-state index in [2.05, 4.69) is 0 Å². The Kier molecular flexibility index (Phi) is 4.41. The summed E-state index contributed by atoms with van der Waals surface area (Å²) >= 11 is 0. The molecule has 2 aromatic rings. The maximum atomic E-state index is 12.5. The van der Waals surface area contributed by atoms with E-state index >= 15 is 0 Å². The number of carbonyl (C=O) groups is 1. The van der Waals surface area contributed by atoms with Crippen LogP contribution in [0.15, 0.2) is 41.3 Å². The van der Waals surface area contributed by atoms with Crippen molar-refractivity contribution < 1.29 is 32.2 Å². The molecule has 0 bridgehead atoms. The molecule has 0 atom stereocenters. The third-order valence-corrected chi connectivity index (χ3v) is 4.89. The first-order valence-corrected chi connectivity index (χ1v) is 8.62. The maximum absolute atomic E-state index is 12.5. The molecule has 3 rings (SSSR count). The summed E-state index contributed by atoms with van der Waals surface area (Å²) in [6.07, 6.45) is 0. The average Bonchev–Trinajstić information content (AvgIpc) is 3.08. The Hall–Kier alpha value is -2.94. The van der Waals surface area contributed by atoms with Crippen molar-refractivity contribution in [3.05, 3.63) is 42.0 Å². The second kappa shape index (κ2) is 6.52. The van der Waals surface area contributed by atoms with Gasteiger partial charge in [-0.3, -0.25) is 4.79 Å². The first-order valence-electron chi connectivity index (χ1n) is 7.13. The standard InChI is InChI=1S/C16H15NO7S/c1-21-11-4-6-15(14(8-11)22-2)25(19,20)17-16(18)10-3-5-12-13(7-10)24-9-23-12/h3-8H,9H2,1-2H3,(H,17,18). The Balaban J connectivity index is 1.87. The van der Waals surface area contributed by atoms with Gasteiger partial charge in [0.15, 0.2) is 11.5 Å². The van der Waals surface area contributed by atoms with Crippen LogP contribution in [0, 0.1) is 0 Å². The van der Waals surface area contributed by atoms with Crippen LogP contribution in [0.5, 0.6) is 23.0 Å². The van der Waals surface area contributed by atoms with E-state index in [4.69, 9.17) is 18.9 Å². The summed E-state index contributed by atoms with van der Waals surface area (Å²) in [7, 11) is -1.37. The van der Waals surface area contributed by atoms with Crippen molar-refractivity contribution in [3.63, 3.8) is 0 Å². The molecule has 9 heteroatoms. The molecular weight excluding hydrogens is 350 g/mol. The number of ether oxygens (including phenoxy) is 4. The fraction of sp³-hybridized carbons (Fsp3) is 0.188. The maximum Gasteiger partial charge on any atom is 0.268 e. The Morgan fingerprint density at radius 1 is 1.04 bits per heavy atom. The van der Waals surface area contributed by atoms with Gasteiger partial charge in [-0.15, -0.1) is 0 Å². The Morgan fingerprint density at radius 3 is 2.52 bits per heavy atom. The van der Waals surface area contributed by atoms with Gasteiger partial charge in [0.2, 0.25) is 6.79 Å². The van der Waals surface area contributed by atoms with E-state index in [0.29, 0.717) is 17.2 Å². The van der Waals surface area contributed by atoms with Crippen LogP contribution in [0.25, 0.3) is 0 Å². The minimum absolute atomic E-state index is 0.0573. The van der Waals surface area contributed by atoms with Gasteiger partial charge in [-0.2, -0.15) is 0 Å². The molecular formula is C16H15NO7S. The first kappa shape index (κ1) is 16.9. The topological polar surface area (TPSA) is 100 Å². The Bertz CT molecular complexity index is 924. The lowest BCUT2D eigenvalue weighted by atomic mass is 10.2. The predicted molar refractivity (Wildman–Crippen MR) is 86.8 cm³/mol. The third-order valence-electron chi connectivity index (χ3n) is 3.52. The van der Waals surface area contributed by atoms with Crippen molar-refractivity contribution in [2.45, 2.75) is 4.90 Å². The highest BCUT2D eigenvalue weighted by Gasteiger charge is 2.24. The van der Waals surface area contributed by atoms with Gasteiger partial charge in [-0.25, -0.2) is 13.1 Å². The SMILES string of the molecule is COc1ccc(S(=O)(=O)NC(=O)c2ccc3c(c2)OCO3)c(OC)c1. The van der Waals surface area contributed by atoms with Crippen LogP contribution < -0.4 is 23.7 Å². The van der Waals surface area contributed by atoms with Crippen LogP contribution >= 0.6 is 0 Å². The molecule has 0 radical (unpaired) electrons. The van der Waals surface area contributed by atoms with Crippen molar-refractivity contribution in [1.82, 2.24) is 4.72 Å². The lowest BCUT2D eigenvalue weighted by Gasteiger charge is -2.12. The molecule has 0 spiro atoms. The van der Waals surface area contributed by atoms with E-state index in [-0.39, 0.29) is 23.0 Å². The van der Waals surface area contributed by atoms with Crippen LogP contribution in [0.2, 0.25) is 0 Å². The van der Waals surface area contributed by atoms with Crippen molar-refractivity contribution in [2.75, 3.05) is 21.0 Å². The summed E-state index contributed by atoms with van der Waals surface area (Å²) in [5.41, 5.74) is 0.125. The van der Waals surface area contributed by atoms with Crippen molar-refractivity contribution in [1.29, 1.82) is 0 Å². The fourth-order valence-corrected chi connectivity index (χ4v) is 3.40. The van der Waals surface area contributed by atoms with Crippen LogP contribution in [-0.2, 0) is 10.0 Å². The largest absolute Gasteiger partial charge is 0.497 e. The third kappa shape index (κ3) is 3.31. The molecule has 0 unspecified atom stereocenters. The first-order chi connectivity index (χ1) is 11.9.